The number of halogens is 5. The second kappa shape index (κ2) is 6.48. The van der Waals surface area contributed by atoms with Gasteiger partial charge in [-0.2, -0.15) is 5.10 Å². The first-order valence-corrected chi connectivity index (χ1v) is 6.02. The summed E-state index contributed by atoms with van der Waals surface area (Å²) in [5, 5.41) is 23.3. The van der Waals surface area contributed by atoms with Crippen molar-refractivity contribution in [3.63, 3.8) is 0 Å². The van der Waals surface area contributed by atoms with Gasteiger partial charge in [-0.15, -0.1) is 0 Å². The molecular formula is C13H6F5N3O3. The third-order valence-electron chi connectivity index (χ3n) is 2.81. The van der Waals surface area contributed by atoms with Gasteiger partial charge in [-0.1, -0.05) is 0 Å². The number of hydrogen-bond donors (Lipinski definition) is 2. The summed E-state index contributed by atoms with van der Waals surface area (Å²) in [6.07, 6.45) is 0.709. The van der Waals surface area contributed by atoms with E-state index in [1.807, 2.05) is 0 Å². The van der Waals surface area contributed by atoms with Gasteiger partial charge in [-0.3, -0.25) is 15.5 Å². The standard InChI is InChI=1S/C13H6F5N3O3/c14-8-9(15)11(17)13(12(18)10(8)16)20-19-4-5-3-6(21(23)24)1-2-7(5)22/h1-4,20,22H/b19-4-. The quantitative estimate of drug-likeness (QED) is 0.221. The molecule has 6 nitrogen and oxygen atoms in total. The first-order valence-electron chi connectivity index (χ1n) is 6.02. The van der Waals surface area contributed by atoms with Crippen molar-refractivity contribution in [1.82, 2.24) is 0 Å². The van der Waals surface area contributed by atoms with E-state index in [4.69, 9.17) is 0 Å². The molecule has 0 saturated carbocycles. The van der Waals surface area contributed by atoms with Crippen molar-refractivity contribution in [3.8, 4) is 5.75 Å². The van der Waals surface area contributed by atoms with E-state index in [2.05, 4.69) is 5.10 Å². The third-order valence-corrected chi connectivity index (χ3v) is 2.81. The highest BCUT2D eigenvalue weighted by Gasteiger charge is 2.25. The summed E-state index contributed by atoms with van der Waals surface area (Å²) in [6, 6.07) is 2.85. The van der Waals surface area contributed by atoms with Crippen LogP contribution in [-0.4, -0.2) is 16.2 Å². The van der Waals surface area contributed by atoms with E-state index in [0.29, 0.717) is 6.21 Å². The van der Waals surface area contributed by atoms with Gasteiger partial charge in [-0.25, -0.2) is 22.0 Å². The molecule has 24 heavy (non-hydrogen) atoms. The van der Waals surface area contributed by atoms with Crippen molar-refractivity contribution in [2.24, 2.45) is 5.10 Å². The molecule has 0 aliphatic rings. The molecule has 2 rings (SSSR count). The van der Waals surface area contributed by atoms with Crippen molar-refractivity contribution in [2.45, 2.75) is 0 Å². The molecule has 11 heteroatoms. The number of nitro benzene ring substituents is 1. The number of nitro groups is 1. The Morgan fingerprint density at radius 3 is 2.12 bits per heavy atom. The van der Waals surface area contributed by atoms with E-state index >= 15 is 0 Å². The highest BCUT2D eigenvalue weighted by molar-refractivity contribution is 5.85. The molecule has 0 spiro atoms. The largest absolute Gasteiger partial charge is 0.507 e. The molecule has 0 radical (unpaired) electrons. The molecule has 0 aromatic heterocycles. The van der Waals surface area contributed by atoms with Crippen LogP contribution in [0.2, 0.25) is 0 Å². The van der Waals surface area contributed by atoms with Gasteiger partial charge in [0.2, 0.25) is 5.82 Å². The van der Waals surface area contributed by atoms with Gasteiger partial charge in [0.05, 0.1) is 11.1 Å². The van der Waals surface area contributed by atoms with E-state index < -0.39 is 51.1 Å². The number of aromatic hydroxyl groups is 1. The predicted molar refractivity (Wildman–Crippen MR) is 72.2 cm³/mol. The van der Waals surface area contributed by atoms with Crippen LogP contribution in [0.5, 0.6) is 5.75 Å². The van der Waals surface area contributed by atoms with Crippen LogP contribution in [0, 0.1) is 39.2 Å². The fraction of sp³-hybridized carbons (Fsp3) is 0. The summed E-state index contributed by atoms with van der Waals surface area (Å²) in [5.41, 5.74) is -0.437. The number of nitrogens with one attached hydrogen (secondary N) is 1. The van der Waals surface area contributed by atoms with Gasteiger partial charge in [0.1, 0.15) is 11.4 Å². The lowest BCUT2D eigenvalue weighted by Gasteiger charge is -2.07. The van der Waals surface area contributed by atoms with E-state index in [1.165, 1.54) is 0 Å². The molecule has 2 N–H and O–H groups in total. The number of hydrogen-bond acceptors (Lipinski definition) is 5. The maximum absolute atomic E-state index is 13.4. The van der Waals surface area contributed by atoms with Gasteiger partial charge in [-0.05, 0) is 6.07 Å². The molecule has 126 valence electrons. The average Bonchev–Trinajstić information content (AvgIpc) is 2.55. The van der Waals surface area contributed by atoms with Crippen LogP contribution in [0.15, 0.2) is 23.3 Å². The zero-order valence-electron chi connectivity index (χ0n) is 11.4. The Balaban J connectivity index is 2.34. The Hall–Kier alpha value is -3.24. The number of hydrazone groups is 1. The van der Waals surface area contributed by atoms with Crippen LogP contribution >= 0.6 is 0 Å². The molecule has 0 atom stereocenters. The number of benzene rings is 2. The number of anilines is 1. The second-order valence-electron chi connectivity index (χ2n) is 4.32. The smallest absolute Gasteiger partial charge is 0.270 e. The van der Waals surface area contributed by atoms with Gasteiger partial charge in [0.25, 0.3) is 5.69 Å². The molecule has 0 heterocycles. The number of rotatable bonds is 4. The zero-order chi connectivity index (χ0) is 18.0. The van der Waals surface area contributed by atoms with Crippen molar-refractivity contribution in [2.75, 3.05) is 5.43 Å². The minimum absolute atomic E-state index is 0.222. The molecule has 0 amide bonds. The molecule has 0 bridgehead atoms. The maximum atomic E-state index is 13.4. The lowest BCUT2D eigenvalue weighted by atomic mass is 10.2. The Kier molecular flexibility index (Phi) is 4.62. The van der Waals surface area contributed by atoms with E-state index in [-0.39, 0.29) is 5.56 Å². The van der Waals surface area contributed by atoms with Crippen LogP contribution in [0.3, 0.4) is 0 Å². The van der Waals surface area contributed by atoms with Gasteiger partial charge in [0, 0.05) is 17.7 Å². The summed E-state index contributed by atoms with van der Waals surface area (Å²) in [4.78, 5) is 9.83. The SMILES string of the molecule is O=[N+]([O-])c1ccc(O)c(/C=N\Nc2c(F)c(F)c(F)c(F)c2F)c1. The van der Waals surface area contributed by atoms with E-state index in [0.717, 1.165) is 18.2 Å². The Bertz CT molecular complexity index is 828. The minimum Gasteiger partial charge on any atom is -0.507 e. The lowest BCUT2D eigenvalue weighted by Crippen LogP contribution is -2.06. The summed E-state index contributed by atoms with van der Waals surface area (Å²) in [5.74, 6) is -11.4. The summed E-state index contributed by atoms with van der Waals surface area (Å²) < 4.78 is 65.6. The Labute approximate surface area is 130 Å². The zero-order valence-corrected chi connectivity index (χ0v) is 11.4. The topological polar surface area (TPSA) is 87.8 Å². The maximum Gasteiger partial charge on any atom is 0.270 e. The van der Waals surface area contributed by atoms with E-state index in [9.17, 15) is 37.2 Å². The van der Waals surface area contributed by atoms with Crippen LogP contribution in [0.4, 0.5) is 33.3 Å². The first-order chi connectivity index (χ1) is 11.2. The molecule has 0 fully saturated rings. The third kappa shape index (κ3) is 3.09. The molecule has 2 aromatic carbocycles. The Morgan fingerprint density at radius 2 is 1.58 bits per heavy atom. The van der Waals surface area contributed by atoms with Crippen molar-refractivity contribution >= 4 is 17.6 Å². The normalized spacial score (nSPS) is 11.0. The van der Waals surface area contributed by atoms with E-state index in [1.54, 1.807) is 5.43 Å². The molecule has 0 saturated heterocycles. The fourth-order valence-electron chi connectivity index (χ4n) is 1.63. The molecule has 0 unspecified atom stereocenters. The van der Waals surface area contributed by atoms with Crippen LogP contribution in [0.25, 0.3) is 0 Å². The number of phenols is 1. The Morgan fingerprint density at radius 1 is 1.04 bits per heavy atom. The first kappa shape index (κ1) is 17.1. The van der Waals surface area contributed by atoms with Gasteiger partial charge >= 0.3 is 0 Å². The number of nitrogens with zero attached hydrogens (tertiary/aromatic N) is 2. The van der Waals surface area contributed by atoms with Crippen molar-refractivity contribution in [3.05, 3.63) is 63.0 Å². The van der Waals surface area contributed by atoms with Gasteiger partial charge < -0.3 is 5.11 Å². The lowest BCUT2D eigenvalue weighted by molar-refractivity contribution is -0.384. The number of phenolic OH excluding ortho intramolecular Hbond substituents is 1. The fourth-order valence-corrected chi connectivity index (χ4v) is 1.63. The monoisotopic (exact) mass is 347 g/mol. The molecule has 2 aromatic rings. The minimum atomic E-state index is -2.32. The predicted octanol–water partition coefficient (Wildman–Crippen LogP) is 3.44. The average molecular weight is 347 g/mol. The highest BCUT2D eigenvalue weighted by atomic mass is 19.2. The molecule has 0 aliphatic carbocycles. The van der Waals surface area contributed by atoms with Crippen LogP contribution in [0.1, 0.15) is 5.56 Å². The van der Waals surface area contributed by atoms with Crippen molar-refractivity contribution < 1.29 is 32.0 Å². The second-order valence-corrected chi connectivity index (χ2v) is 4.32. The summed E-state index contributed by atoms with van der Waals surface area (Å²) in [6.45, 7) is 0. The highest BCUT2D eigenvalue weighted by Crippen LogP contribution is 2.27. The summed E-state index contributed by atoms with van der Waals surface area (Å²) in [7, 11) is 0. The van der Waals surface area contributed by atoms with Crippen LogP contribution in [-0.2, 0) is 0 Å². The molecule has 0 aliphatic heterocycles. The molecular weight excluding hydrogens is 341 g/mol. The number of non-ortho nitro benzene ring substituents is 1. The van der Waals surface area contributed by atoms with Gasteiger partial charge in [0.15, 0.2) is 23.3 Å². The van der Waals surface area contributed by atoms with Crippen LogP contribution < -0.4 is 5.43 Å². The van der Waals surface area contributed by atoms with Crippen molar-refractivity contribution in [1.29, 1.82) is 0 Å². The summed E-state index contributed by atoms with van der Waals surface area (Å²) >= 11 is 0.